The quantitative estimate of drug-likeness (QED) is 0.822. The maximum absolute atomic E-state index is 12.1. The van der Waals surface area contributed by atoms with Crippen LogP contribution in [-0.2, 0) is 11.2 Å². The lowest BCUT2D eigenvalue weighted by Gasteiger charge is -2.29. The summed E-state index contributed by atoms with van der Waals surface area (Å²) in [5.74, 6) is 0.0881. The van der Waals surface area contributed by atoms with Gasteiger partial charge in [0.25, 0.3) is 0 Å². The molecule has 1 aliphatic rings. The maximum atomic E-state index is 12.1. The SMILES string of the molecule is N#CC1CCCN(C(=O)Cc2ccc(Cl)cc2)C1. The van der Waals surface area contributed by atoms with E-state index < -0.39 is 0 Å². The van der Waals surface area contributed by atoms with Crippen molar-refractivity contribution >= 4 is 17.5 Å². The highest BCUT2D eigenvalue weighted by Crippen LogP contribution is 2.17. The van der Waals surface area contributed by atoms with Crippen molar-refractivity contribution in [1.29, 1.82) is 5.26 Å². The predicted octanol–water partition coefficient (Wildman–Crippen LogP) is 2.64. The van der Waals surface area contributed by atoms with Gasteiger partial charge in [-0.25, -0.2) is 0 Å². The number of piperidine rings is 1. The van der Waals surface area contributed by atoms with Crippen LogP contribution >= 0.6 is 11.6 Å². The zero-order valence-corrected chi connectivity index (χ0v) is 10.9. The molecule has 3 nitrogen and oxygen atoms in total. The molecule has 0 N–H and O–H groups in total. The zero-order chi connectivity index (χ0) is 13.0. The smallest absolute Gasteiger partial charge is 0.227 e. The van der Waals surface area contributed by atoms with E-state index >= 15 is 0 Å². The Labute approximate surface area is 112 Å². The summed E-state index contributed by atoms with van der Waals surface area (Å²) in [5.41, 5.74) is 0.962. The Morgan fingerprint density at radius 1 is 1.44 bits per heavy atom. The summed E-state index contributed by atoms with van der Waals surface area (Å²) in [7, 11) is 0. The predicted molar refractivity (Wildman–Crippen MR) is 70.1 cm³/mol. The van der Waals surface area contributed by atoms with Gasteiger partial charge in [-0.2, -0.15) is 5.26 Å². The molecule has 0 aromatic heterocycles. The van der Waals surface area contributed by atoms with Gasteiger partial charge in [-0.15, -0.1) is 0 Å². The molecule has 1 unspecified atom stereocenters. The molecule has 18 heavy (non-hydrogen) atoms. The van der Waals surface area contributed by atoms with Crippen LogP contribution in [0.25, 0.3) is 0 Å². The molecule has 94 valence electrons. The van der Waals surface area contributed by atoms with Gasteiger partial charge in [0.2, 0.25) is 5.91 Å². The molecular weight excluding hydrogens is 248 g/mol. The Hall–Kier alpha value is -1.53. The average Bonchev–Trinajstić information content (AvgIpc) is 2.41. The number of nitrogens with zero attached hydrogens (tertiary/aromatic N) is 2. The van der Waals surface area contributed by atoms with Gasteiger partial charge < -0.3 is 4.90 Å². The number of likely N-dealkylation sites (tertiary alicyclic amines) is 1. The van der Waals surface area contributed by atoms with Crippen molar-refractivity contribution in [3.8, 4) is 6.07 Å². The molecule has 1 fully saturated rings. The number of amides is 1. The van der Waals surface area contributed by atoms with Crippen molar-refractivity contribution in [3.63, 3.8) is 0 Å². The first-order valence-corrected chi connectivity index (χ1v) is 6.48. The summed E-state index contributed by atoms with van der Waals surface area (Å²) in [6, 6.07) is 9.56. The van der Waals surface area contributed by atoms with Crippen molar-refractivity contribution in [2.75, 3.05) is 13.1 Å². The average molecular weight is 263 g/mol. The normalized spacial score (nSPS) is 19.3. The highest BCUT2D eigenvalue weighted by atomic mass is 35.5. The van der Waals surface area contributed by atoms with Crippen LogP contribution in [-0.4, -0.2) is 23.9 Å². The van der Waals surface area contributed by atoms with Gasteiger partial charge >= 0.3 is 0 Å². The number of rotatable bonds is 2. The highest BCUT2D eigenvalue weighted by Gasteiger charge is 2.23. The largest absolute Gasteiger partial charge is 0.341 e. The number of hydrogen-bond acceptors (Lipinski definition) is 2. The van der Waals surface area contributed by atoms with E-state index in [0.29, 0.717) is 18.0 Å². The van der Waals surface area contributed by atoms with Crippen LogP contribution in [0.5, 0.6) is 0 Å². The van der Waals surface area contributed by atoms with Gasteiger partial charge in [-0.3, -0.25) is 4.79 Å². The molecule has 0 radical (unpaired) electrons. The minimum absolute atomic E-state index is 0.00656. The van der Waals surface area contributed by atoms with Crippen LogP contribution in [0.2, 0.25) is 5.02 Å². The van der Waals surface area contributed by atoms with Crippen molar-refractivity contribution in [2.45, 2.75) is 19.3 Å². The number of halogens is 1. The minimum atomic E-state index is -0.00656. The number of hydrogen-bond donors (Lipinski definition) is 0. The van der Waals surface area contributed by atoms with E-state index in [0.717, 1.165) is 24.9 Å². The first kappa shape index (κ1) is 12.9. The first-order chi connectivity index (χ1) is 8.69. The second-order valence-electron chi connectivity index (χ2n) is 4.61. The second kappa shape index (κ2) is 5.88. The third kappa shape index (κ3) is 3.24. The van der Waals surface area contributed by atoms with Crippen molar-refractivity contribution in [2.24, 2.45) is 5.92 Å². The maximum Gasteiger partial charge on any atom is 0.227 e. The molecule has 1 amide bonds. The van der Waals surface area contributed by atoms with E-state index in [1.165, 1.54) is 0 Å². The molecule has 1 heterocycles. The molecule has 1 atom stereocenters. The van der Waals surface area contributed by atoms with Crippen molar-refractivity contribution in [3.05, 3.63) is 34.9 Å². The van der Waals surface area contributed by atoms with E-state index in [2.05, 4.69) is 6.07 Å². The van der Waals surface area contributed by atoms with Gasteiger partial charge in [0.1, 0.15) is 0 Å². The summed E-state index contributed by atoms with van der Waals surface area (Å²) in [4.78, 5) is 13.9. The third-order valence-electron chi connectivity index (χ3n) is 3.23. The Morgan fingerprint density at radius 2 is 2.17 bits per heavy atom. The molecule has 1 aliphatic heterocycles. The highest BCUT2D eigenvalue weighted by molar-refractivity contribution is 6.30. The Kier molecular flexibility index (Phi) is 4.22. The summed E-state index contributed by atoms with van der Waals surface area (Å²) >= 11 is 5.80. The van der Waals surface area contributed by atoms with E-state index in [4.69, 9.17) is 16.9 Å². The van der Waals surface area contributed by atoms with Gasteiger partial charge in [-0.1, -0.05) is 23.7 Å². The van der Waals surface area contributed by atoms with E-state index in [1.54, 1.807) is 17.0 Å². The molecule has 1 aromatic carbocycles. The van der Waals surface area contributed by atoms with E-state index in [-0.39, 0.29) is 11.8 Å². The lowest BCUT2D eigenvalue weighted by atomic mass is 9.99. The zero-order valence-electron chi connectivity index (χ0n) is 10.1. The lowest BCUT2D eigenvalue weighted by molar-refractivity contribution is -0.131. The topological polar surface area (TPSA) is 44.1 Å². The van der Waals surface area contributed by atoms with Gasteiger partial charge in [0.05, 0.1) is 18.4 Å². The molecule has 1 aromatic rings. The van der Waals surface area contributed by atoms with Crippen LogP contribution in [0.1, 0.15) is 18.4 Å². The monoisotopic (exact) mass is 262 g/mol. The van der Waals surface area contributed by atoms with Gasteiger partial charge in [-0.05, 0) is 30.5 Å². The van der Waals surface area contributed by atoms with Crippen LogP contribution in [0.4, 0.5) is 0 Å². The number of nitriles is 1. The van der Waals surface area contributed by atoms with E-state index in [1.807, 2.05) is 12.1 Å². The van der Waals surface area contributed by atoms with Gasteiger partial charge in [0.15, 0.2) is 0 Å². The molecule has 1 saturated heterocycles. The van der Waals surface area contributed by atoms with Crippen molar-refractivity contribution < 1.29 is 4.79 Å². The molecular formula is C14H15ClN2O. The molecule has 0 aliphatic carbocycles. The summed E-state index contributed by atoms with van der Waals surface area (Å²) in [5, 5.41) is 9.58. The molecule has 2 rings (SSSR count). The summed E-state index contributed by atoms with van der Waals surface area (Å²) in [6.45, 7) is 1.34. The molecule has 4 heteroatoms. The lowest BCUT2D eigenvalue weighted by Crippen LogP contribution is -2.40. The number of benzene rings is 1. The molecule has 0 spiro atoms. The van der Waals surface area contributed by atoms with Gasteiger partial charge in [0, 0.05) is 18.1 Å². The summed E-state index contributed by atoms with van der Waals surface area (Å²) < 4.78 is 0. The van der Waals surface area contributed by atoms with Crippen LogP contribution in [0, 0.1) is 17.2 Å². The number of carbonyl (C=O) groups is 1. The third-order valence-corrected chi connectivity index (χ3v) is 3.48. The van der Waals surface area contributed by atoms with Crippen LogP contribution < -0.4 is 0 Å². The fraction of sp³-hybridized carbons (Fsp3) is 0.429. The van der Waals surface area contributed by atoms with E-state index in [9.17, 15) is 4.79 Å². The molecule has 0 saturated carbocycles. The standard InChI is InChI=1S/C14H15ClN2O/c15-13-5-3-11(4-6-13)8-14(18)17-7-1-2-12(9-16)10-17/h3-6,12H,1-2,7-8,10H2. The fourth-order valence-corrected chi connectivity index (χ4v) is 2.32. The number of carbonyl (C=O) groups excluding carboxylic acids is 1. The van der Waals surface area contributed by atoms with Crippen LogP contribution in [0.15, 0.2) is 24.3 Å². The van der Waals surface area contributed by atoms with Crippen LogP contribution in [0.3, 0.4) is 0 Å². The van der Waals surface area contributed by atoms with Crippen molar-refractivity contribution in [1.82, 2.24) is 4.90 Å². The summed E-state index contributed by atoms with van der Waals surface area (Å²) in [6.07, 6.45) is 2.21. The molecule has 0 bridgehead atoms. The minimum Gasteiger partial charge on any atom is -0.341 e. The Morgan fingerprint density at radius 3 is 2.83 bits per heavy atom. The second-order valence-corrected chi connectivity index (χ2v) is 5.05. The Balaban J connectivity index is 1.95. The first-order valence-electron chi connectivity index (χ1n) is 6.11. The Bertz CT molecular complexity index is 464. The fourth-order valence-electron chi connectivity index (χ4n) is 2.20.